The standard InChI is InChI=1S/2C7H12O4.Co/c2*1-3-7(4-2,5(8)9)6(10)11;/h2*3-4H2,1-2H3,(H,8,9)(H,10,11);. The van der Waals surface area contributed by atoms with E-state index in [-0.39, 0.29) is 42.5 Å². The monoisotopic (exact) mass is 379 g/mol. The normalized spacial score (nSPS) is 10.6. The summed E-state index contributed by atoms with van der Waals surface area (Å²) < 4.78 is 0. The van der Waals surface area contributed by atoms with Crippen molar-refractivity contribution in [3.8, 4) is 0 Å². The fourth-order valence-corrected chi connectivity index (χ4v) is 1.89. The molecule has 0 aliphatic rings. The Balaban J connectivity index is -0.000000333. The Morgan fingerprint density at radius 3 is 0.696 bits per heavy atom. The van der Waals surface area contributed by atoms with Crippen molar-refractivity contribution in [2.45, 2.75) is 53.4 Å². The Hall–Kier alpha value is -1.61. The second kappa shape index (κ2) is 11.0. The number of aliphatic carboxylic acids is 4. The predicted octanol–water partition coefficient (Wildman–Crippen LogP) is 1.92. The van der Waals surface area contributed by atoms with Crippen molar-refractivity contribution in [3.05, 3.63) is 0 Å². The molecule has 0 amide bonds. The van der Waals surface area contributed by atoms with Gasteiger partial charge in [0.05, 0.1) is 0 Å². The zero-order chi connectivity index (χ0) is 18.1. The summed E-state index contributed by atoms with van der Waals surface area (Å²) in [5.41, 5.74) is -3.17. The minimum absolute atomic E-state index is 0. The van der Waals surface area contributed by atoms with E-state index in [9.17, 15) is 19.2 Å². The molecule has 0 aromatic heterocycles. The van der Waals surface area contributed by atoms with Gasteiger partial charge < -0.3 is 20.4 Å². The second-order valence-electron chi connectivity index (χ2n) is 4.80. The van der Waals surface area contributed by atoms with E-state index in [1.807, 2.05) is 0 Å². The van der Waals surface area contributed by atoms with Crippen LogP contribution >= 0.6 is 0 Å². The van der Waals surface area contributed by atoms with Gasteiger partial charge in [0, 0.05) is 16.8 Å². The molecule has 0 atom stereocenters. The van der Waals surface area contributed by atoms with Gasteiger partial charge in [-0.1, -0.05) is 27.7 Å². The molecule has 0 aromatic carbocycles. The van der Waals surface area contributed by atoms with Gasteiger partial charge in [-0.3, -0.25) is 19.2 Å². The predicted molar refractivity (Wildman–Crippen MR) is 76.6 cm³/mol. The van der Waals surface area contributed by atoms with Gasteiger partial charge in [0.15, 0.2) is 10.8 Å². The molecule has 9 heteroatoms. The van der Waals surface area contributed by atoms with Crippen molar-refractivity contribution in [2.75, 3.05) is 0 Å². The number of carboxylic acids is 4. The first-order chi connectivity index (χ1) is 10.0. The van der Waals surface area contributed by atoms with Crippen LogP contribution in [0.1, 0.15) is 53.4 Å². The minimum Gasteiger partial charge on any atom is -0.480 e. The fourth-order valence-electron chi connectivity index (χ4n) is 1.89. The third-order valence-electron chi connectivity index (χ3n) is 4.05. The van der Waals surface area contributed by atoms with Crippen LogP contribution in [0.25, 0.3) is 0 Å². The molecule has 1 radical (unpaired) electrons. The van der Waals surface area contributed by atoms with Gasteiger partial charge in [0.2, 0.25) is 0 Å². The number of carboxylic acid groups (broad SMARTS) is 4. The maximum atomic E-state index is 10.5. The summed E-state index contributed by atoms with van der Waals surface area (Å²) in [6, 6.07) is 0. The van der Waals surface area contributed by atoms with Crippen LogP contribution in [0, 0.1) is 10.8 Å². The molecule has 23 heavy (non-hydrogen) atoms. The molecule has 0 aliphatic heterocycles. The van der Waals surface area contributed by atoms with Crippen LogP contribution < -0.4 is 0 Å². The number of carbonyl (C=O) groups is 4. The molecule has 0 spiro atoms. The van der Waals surface area contributed by atoms with Crippen LogP contribution in [0.2, 0.25) is 0 Å². The molecule has 0 saturated heterocycles. The van der Waals surface area contributed by atoms with Crippen LogP contribution in [-0.4, -0.2) is 44.3 Å². The Morgan fingerprint density at radius 2 is 0.696 bits per heavy atom. The second-order valence-corrected chi connectivity index (χ2v) is 4.80. The smallest absolute Gasteiger partial charge is 0.321 e. The van der Waals surface area contributed by atoms with Gasteiger partial charge in [0.25, 0.3) is 0 Å². The van der Waals surface area contributed by atoms with Crippen LogP contribution in [0.3, 0.4) is 0 Å². The summed E-state index contributed by atoms with van der Waals surface area (Å²) in [6.07, 6.45) is 0.477. The van der Waals surface area contributed by atoms with E-state index in [0.29, 0.717) is 0 Å². The summed E-state index contributed by atoms with van der Waals surface area (Å²) >= 11 is 0. The van der Waals surface area contributed by atoms with E-state index in [1.54, 1.807) is 27.7 Å². The van der Waals surface area contributed by atoms with Crippen molar-refractivity contribution in [1.82, 2.24) is 0 Å². The van der Waals surface area contributed by atoms with E-state index in [1.165, 1.54) is 0 Å². The summed E-state index contributed by atoms with van der Waals surface area (Å²) in [5, 5.41) is 34.5. The summed E-state index contributed by atoms with van der Waals surface area (Å²) in [7, 11) is 0. The molecule has 0 aromatic rings. The zero-order valence-corrected chi connectivity index (χ0v) is 14.6. The molecular weight excluding hydrogens is 355 g/mol. The van der Waals surface area contributed by atoms with Gasteiger partial charge in [0.1, 0.15) is 0 Å². The van der Waals surface area contributed by atoms with E-state index >= 15 is 0 Å². The van der Waals surface area contributed by atoms with E-state index in [4.69, 9.17) is 20.4 Å². The fraction of sp³-hybridized carbons (Fsp3) is 0.714. The first-order valence-electron chi connectivity index (χ1n) is 6.95. The van der Waals surface area contributed by atoms with Gasteiger partial charge in [-0.05, 0) is 25.7 Å². The number of hydrogen-bond donors (Lipinski definition) is 4. The molecule has 0 bridgehead atoms. The third-order valence-corrected chi connectivity index (χ3v) is 4.05. The van der Waals surface area contributed by atoms with Crippen molar-refractivity contribution in [3.63, 3.8) is 0 Å². The molecule has 0 heterocycles. The molecule has 8 nitrogen and oxygen atoms in total. The van der Waals surface area contributed by atoms with E-state index in [2.05, 4.69) is 0 Å². The topological polar surface area (TPSA) is 149 Å². The van der Waals surface area contributed by atoms with Gasteiger partial charge in [-0.2, -0.15) is 0 Å². The third kappa shape index (κ3) is 5.83. The van der Waals surface area contributed by atoms with Crippen LogP contribution in [0.4, 0.5) is 0 Å². The first-order valence-corrected chi connectivity index (χ1v) is 6.95. The van der Waals surface area contributed by atoms with E-state index < -0.39 is 34.7 Å². The molecule has 0 unspecified atom stereocenters. The number of hydrogen-bond acceptors (Lipinski definition) is 4. The Morgan fingerprint density at radius 1 is 0.565 bits per heavy atom. The molecule has 4 N–H and O–H groups in total. The number of rotatable bonds is 8. The maximum absolute atomic E-state index is 10.5. The maximum Gasteiger partial charge on any atom is 0.321 e. The van der Waals surface area contributed by atoms with Crippen molar-refractivity contribution >= 4 is 23.9 Å². The van der Waals surface area contributed by atoms with E-state index in [0.717, 1.165) is 0 Å². The molecule has 0 fully saturated rings. The average Bonchev–Trinajstić information content (AvgIpc) is 2.41. The zero-order valence-electron chi connectivity index (χ0n) is 13.6. The van der Waals surface area contributed by atoms with Gasteiger partial charge in [-0.25, -0.2) is 0 Å². The summed E-state index contributed by atoms with van der Waals surface area (Å²) in [6.45, 7) is 6.24. The summed E-state index contributed by atoms with van der Waals surface area (Å²) in [4.78, 5) is 42.2. The van der Waals surface area contributed by atoms with Crippen LogP contribution in [-0.2, 0) is 36.0 Å². The Bertz CT molecular complexity index is 352. The first kappa shape index (κ1) is 26.3. The van der Waals surface area contributed by atoms with Crippen LogP contribution in [0.5, 0.6) is 0 Å². The van der Waals surface area contributed by atoms with Gasteiger partial charge in [-0.15, -0.1) is 0 Å². The molecule has 137 valence electrons. The minimum atomic E-state index is -1.58. The summed E-state index contributed by atoms with van der Waals surface area (Å²) in [5.74, 6) is -5.02. The van der Waals surface area contributed by atoms with Crippen LogP contribution in [0.15, 0.2) is 0 Å². The van der Waals surface area contributed by atoms with Crippen molar-refractivity contribution in [2.24, 2.45) is 10.8 Å². The van der Waals surface area contributed by atoms with Crippen molar-refractivity contribution < 1.29 is 56.4 Å². The molecular formula is C14H24CoO8. The SMILES string of the molecule is CCC(CC)(C(=O)O)C(=O)O.CCC(CC)(C(=O)O)C(=O)O.[Co]. The average molecular weight is 379 g/mol. The largest absolute Gasteiger partial charge is 0.480 e. The molecule has 0 saturated carbocycles. The Kier molecular flexibility index (Phi) is 12.6. The quantitative estimate of drug-likeness (QED) is 0.467. The van der Waals surface area contributed by atoms with Gasteiger partial charge >= 0.3 is 23.9 Å². The molecule has 0 rings (SSSR count). The molecule has 0 aliphatic carbocycles. The Labute approximate surface area is 145 Å². The van der Waals surface area contributed by atoms with Crippen molar-refractivity contribution in [1.29, 1.82) is 0 Å².